The summed E-state index contributed by atoms with van der Waals surface area (Å²) in [5.74, 6) is 0.656. The maximum atomic E-state index is 12.8. The number of urea groups is 1. The maximum absolute atomic E-state index is 12.8. The number of carbonyl (C=O) groups excluding carboxylic acids is 2. The fourth-order valence-electron chi connectivity index (χ4n) is 2.58. The molecule has 0 fully saturated rings. The number of ether oxygens (including phenoxy) is 2. The molecule has 0 saturated heterocycles. The molecule has 2 amide bonds. The Hall–Kier alpha value is -2.73. The average molecular weight is 361 g/mol. The molecule has 3 rings (SSSR count). The van der Waals surface area contributed by atoms with Crippen molar-refractivity contribution in [2.75, 3.05) is 12.0 Å². The largest absolute Gasteiger partial charge is 0.467 e. The van der Waals surface area contributed by atoms with Crippen molar-refractivity contribution in [1.29, 1.82) is 0 Å². The minimum absolute atomic E-state index is 0.281. The van der Waals surface area contributed by atoms with E-state index in [2.05, 4.69) is 10.1 Å². The zero-order valence-corrected chi connectivity index (χ0v) is 14.5. The van der Waals surface area contributed by atoms with E-state index in [1.54, 1.807) is 25.1 Å². The van der Waals surface area contributed by atoms with Gasteiger partial charge in [0.2, 0.25) is 0 Å². The van der Waals surface area contributed by atoms with Gasteiger partial charge in [-0.2, -0.15) is 0 Å². The van der Waals surface area contributed by atoms with Gasteiger partial charge in [-0.1, -0.05) is 29.8 Å². The smallest absolute Gasteiger partial charge is 0.328 e. The average Bonchev–Trinajstić information content (AvgIpc) is 2.77. The molecule has 1 aliphatic heterocycles. The number of rotatable bonds is 2. The molecule has 0 radical (unpaired) electrons. The molecular formula is C18H17ClN2O4. The van der Waals surface area contributed by atoms with Gasteiger partial charge in [0.15, 0.2) is 5.75 Å². The lowest BCUT2D eigenvalue weighted by molar-refractivity contribution is -0.142. The number of nitrogens with zero attached hydrogens (tertiary/aromatic N) is 1. The van der Waals surface area contributed by atoms with Gasteiger partial charge in [-0.05, 0) is 31.2 Å². The number of benzene rings is 2. The molecule has 0 unspecified atom stereocenters. The lowest BCUT2D eigenvalue weighted by Gasteiger charge is -2.24. The second kappa shape index (κ2) is 7.03. The van der Waals surface area contributed by atoms with E-state index in [-0.39, 0.29) is 6.54 Å². The molecule has 0 bridgehead atoms. The summed E-state index contributed by atoms with van der Waals surface area (Å²) in [6, 6.07) is 11.3. The van der Waals surface area contributed by atoms with Gasteiger partial charge in [0.1, 0.15) is 11.8 Å². The molecule has 7 heteroatoms. The highest BCUT2D eigenvalue weighted by Gasteiger charge is 2.27. The molecule has 1 aliphatic rings. The predicted octanol–water partition coefficient (Wildman–Crippen LogP) is 3.72. The van der Waals surface area contributed by atoms with Crippen molar-refractivity contribution >= 4 is 29.3 Å². The Morgan fingerprint density at radius 3 is 2.76 bits per heavy atom. The Balaban J connectivity index is 1.98. The van der Waals surface area contributed by atoms with Gasteiger partial charge in [-0.15, -0.1) is 0 Å². The van der Waals surface area contributed by atoms with E-state index in [4.69, 9.17) is 16.3 Å². The Labute approximate surface area is 150 Å². The number of carbonyl (C=O) groups is 2. The third kappa shape index (κ3) is 3.53. The summed E-state index contributed by atoms with van der Waals surface area (Å²) in [5, 5.41) is 3.11. The summed E-state index contributed by atoms with van der Waals surface area (Å²) in [6.07, 6.45) is 0. The number of hydrogen-bond donors (Lipinski definition) is 1. The van der Waals surface area contributed by atoms with Crippen molar-refractivity contribution in [3.8, 4) is 11.5 Å². The Bertz CT molecular complexity index is 824. The quantitative estimate of drug-likeness (QED) is 0.829. The fraction of sp³-hybridized carbons (Fsp3) is 0.222. The first kappa shape index (κ1) is 17.1. The van der Waals surface area contributed by atoms with Crippen molar-refractivity contribution in [2.45, 2.75) is 19.5 Å². The van der Waals surface area contributed by atoms with Crippen LogP contribution in [-0.2, 0) is 16.1 Å². The minimum Gasteiger partial charge on any atom is -0.467 e. The van der Waals surface area contributed by atoms with Crippen molar-refractivity contribution in [3.63, 3.8) is 0 Å². The lowest BCUT2D eigenvalue weighted by atomic mass is 10.2. The van der Waals surface area contributed by atoms with Crippen LogP contribution >= 0.6 is 11.6 Å². The number of esters is 1. The molecule has 0 aliphatic carbocycles. The van der Waals surface area contributed by atoms with E-state index in [0.29, 0.717) is 22.2 Å². The normalized spacial score (nSPS) is 13.6. The van der Waals surface area contributed by atoms with Crippen molar-refractivity contribution < 1.29 is 19.1 Å². The molecule has 0 saturated carbocycles. The first-order valence-electron chi connectivity index (χ1n) is 7.70. The van der Waals surface area contributed by atoms with E-state index in [1.165, 1.54) is 12.0 Å². The number of nitrogens with one attached hydrogen (secondary N) is 1. The molecule has 130 valence electrons. The molecule has 6 nitrogen and oxygen atoms in total. The van der Waals surface area contributed by atoms with Crippen LogP contribution < -0.4 is 15.0 Å². The van der Waals surface area contributed by atoms with Crippen molar-refractivity contribution in [1.82, 2.24) is 5.32 Å². The van der Waals surface area contributed by atoms with Gasteiger partial charge in [0.25, 0.3) is 0 Å². The van der Waals surface area contributed by atoms with E-state index in [1.807, 2.05) is 24.3 Å². The van der Waals surface area contributed by atoms with Crippen LogP contribution in [-0.4, -0.2) is 25.2 Å². The van der Waals surface area contributed by atoms with Gasteiger partial charge in [-0.3, -0.25) is 4.90 Å². The van der Waals surface area contributed by atoms with Gasteiger partial charge in [-0.25, -0.2) is 9.59 Å². The molecular weight excluding hydrogens is 344 g/mol. The topological polar surface area (TPSA) is 67.9 Å². The van der Waals surface area contributed by atoms with Crippen LogP contribution in [0.3, 0.4) is 0 Å². The Morgan fingerprint density at radius 2 is 2.00 bits per heavy atom. The number of para-hydroxylation sites is 1. The molecule has 1 atom stereocenters. The molecule has 0 spiro atoms. The molecule has 1 heterocycles. The van der Waals surface area contributed by atoms with Crippen LogP contribution in [0.5, 0.6) is 11.5 Å². The summed E-state index contributed by atoms with van der Waals surface area (Å²) in [6.45, 7) is 1.84. The Kier molecular flexibility index (Phi) is 4.81. The zero-order valence-electron chi connectivity index (χ0n) is 13.8. The number of fused-ring (bicyclic) bond motifs is 2. The van der Waals surface area contributed by atoms with Gasteiger partial charge in [0.05, 0.1) is 19.3 Å². The molecule has 2 aromatic carbocycles. The summed E-state index contributed by atoms with van der Waals surface area (Å²) in [4.78, 5) is 25.9. The van der Waals surface area contributed by atoms with E-state index >= 15 is 0 Å². The first-order chi connectivity index (χ1) is 12.0. The second-order valence-corrected chi connectivity index (χ2v) is 6.04. The van der Waals surface area contributed by atoms with Gasteiger partial charge >= 0.3 is 12.0 Å². The maximum Gasteiger partial charge on any atom is 0.328 e. The summed E-state index contributed by atoms with van der Waals surface area (Å²) in [7, 11) is 1.27. The van der Waals surface area contributed by atoms with Crippen molar-refractivity contribution in [3.05, 3.63) is 53.1 Å². The highest BCUT2D eigenvalue weighted by molar-refractivity contribution is 6.31. The minimum atomic E-state index is -0.778. The monoisotopic (exact) mass is 360 g/mol. The van der Waals surface area contributed by atoms with Crippen LogP contribution in [0, 0.1) is 0 Å². The Morgan fingerprint density at radius 1 is 1.24 bits per heavy atom. The third-order valence-corrected chi connectivity index (χ3v) is 4.11. The SMILES string of the molecule is COC(=O)[C@@H](C)NC(=O)N1Cc2ccccc2Oc2ccc(Cl)cc21. The molecule has 25 heavy (non-hydrogen) atoms. The molecule has 1 N–H and O–H groups in total. The number of halogens is 1. The van der Waals surface area contributed by atoms with Crippen LogP contribution in [0.2, 0.25) is 5.02 Å². The van der Waals surface area contributed by atoms with Gasteiger partial charge < -0.3 is 14.8 Å². The highest BCUT2D eigenvalue weighted by atomic mass is 35.5. The number of amides is 2. The number of hydrogen-bond acceptors (Lipinski definition) is 4. The van der Waals surface area contributed by atoms with E-state index < -0.39 is 18.0 Å². The second-order valence-electron chi connectivity index (χ2n) is 5.60. The third-order valence-electron chi connectivity index (χ3n) is 3.87. The molecule has 0 aromatic heterocycles. The first-order valence-corrected chi connectivity index (χ1v) is 8.08. The van der Waals surface area contributed by atoms with Crippen molar-refractivity contribution in [2.24, 2.45) is 0 Å². The van der Waals surface area contributed by atoms with Crippen LogP contribution in [0.4, 0.5) is 10.5 Å². The van der Waals surface area contributed by atoms with E-state index in [9.17, 15) is 9.59 Å². The number of methoxy groups -OCH3 is 1. The lowest BCUT2D eigenvalue weighted by Crippen LogP contribution is -2.46. The van der Waals surface area contributed by atoms with Crippen LogP contribution in [0.25, 0.3) is 0 Å². The van der Waals surface area contributed by atoms with Gasteiger partial charge in [0, 0.05) is 10.6 Å². The predicted molar refractivity (Wildman–Crippen MR) is 94.2 cm³/mol. The number of anilines is 1. The molecule has 2 aromatic rings. The fourth-order valence-corrected chi connectivity index (χ4v) is 2.74. The van der Waals surface area contributed by atoms with Crippen LogP contribution in [0.15, 0.2) is 42.5 Å². The summed E-state index contributed by atoms with van der Waals surface area (Å²) < 4.78 is 10.6. The standard InChI is InChI=1S/C18H17ClN2O4/c1-11(17(22)24-2)20-18(23)21-10-12-5-3-4-6-15(12)25-16-8-7-13(19)9-14(16)21/h3-9,11H,10H2,1-2H3,(H,20,23)/t11-/m1/s1. The van der Waals surface area contributed by atoms with E-state index in [0.717, 1.165) is 5.56 Å². The highest BCUT2D eigenvalue weighted by Crippen LogP contribution is 2.40. The zero-order chi connectivity index (χ0) is 18.0. The summed E-state index contributed by atoms with van der Waals surface area (Å²) in [5.41, 5.74) is 1.37. The summed E-state index contributed by atoms with van der Waals surface area (Å²) >= 11 is 6.10. The van der Waals surface area contributed by atoms with Crippen LogP contribution in [0.1, 0.15) is 12.5 Å².